The number of furan rings is 1. The van der Waals surface area contributed by atoms with Crippen molar-refractivity contribution in [2.75, 3.05) is 0 Å². The van der Waals surface area contributed by atoms with Crippen LogP contribution >= 0.6 is 0 Å². The van der Waals surface area contributed by atoms with Crippen molar-refractivity contribution >= 4 is 18.0 Å². The molecule has 1 amide bonds. The van der Waals surface area contributed by atoms with Crippen molar-refractivity contribution in [2.45, 2.75) is 18.5 Å². The summed E-state index contributed by atoms with van der Waals surface area (Å²) in [7, 11) is 0. The van der Waals surface area contributed by atoms with E-state index >= 15 is 0 Å². The third-order valence-corrected chi connectivity index (χ3v) is 3.58. The van der Waals surface area contributed by atoms with Crippen molar-refractivity contribution in [1.29, 1.82) is 0 Å². The lowest BCUT2D eigenvalue weighted by Crippen LogP contribution is -2.41. The lowest BCUT2D eigenvalue weighted by molar-refractivity contribution is -0.402. The van der Waals surface area contributed by atoms with Gasteiger partial charge < -0.3 is 4.42 Å². The molecule has 0 saturated carbocycles. The van der Waals surface area contributed by atoms with E-state index in [4.69, 9.17) is 4.42 Å². The first-order chi connectivity index (χ1) is 11.6. The fourth-order valence-electron chi connectivity index (χ4n) is 2.38. The second-order valence-electron chi connectivity index (χ2n) is 5.21. The van der Waals surface area contributed by atoms with E-state index in [0.717, 1.165) is 5.56 Å². The predicted molar refractivity (Wildman–Crippen MR) is 85.0 cm³/mol. The number of nitro groups is 1. The summed E-state index contributed by atoms with van der Waals surface area (Å²) in [5.41, 5.74) is 9.47. The number of hydrazine groups is 1. The van der Waals surface area contributed by atoms with E-state index in [9.17, 15) is 14.9 Å². The first kappa shape index (κ1) is 15.8. The average Bonchev–Trinajstić information content (AvgIpc) is 3.25. The molecule has 2 aromatic rings. The molecule has 24 heavy (non-hydrogen) atoms. The Morgan fingerprint density at radius 1 is 1.29 bits per heavy atom. The number of rotatable bonds is 5. The minimum Gasteiger partial charge on any atom is -0.400 e. The SMILES string of the molecule is O=C(N/N=C/c1ccc([N+](=O)[O-])o1)C1CC(c2ccccc2)NN1. The maximum absolute atomic E-state index is 12.1. The van der Waals surface area contributed by atoms with Gasteiger partial charge in [-0.05, 0) is 18.1 Å². The fraction of sp³-hybridized carbons (Fsp3) is 0.200. The van der Waals surface area contributed by atoms with Crippen LogP contribution in [-0.4, -0.2) is 23.1 Å². The van der Waals surface area contributed by atoms with Crippen LogP contribution < -0.4 is 16.3 Å². The number of hydrazone groups is 1. The number of carbonyl (C=O) groups excluding carboxylic acids is 1. The van der Waals surface area contributed by atoms with Crippen molar-refractivity contribution < 1.29 is 14.1 Å². The molecule has 9 heteroatoms. The Kier molecular flexibility index (Phi) is 4.64. The van der Waals surface area contributed by atoms with E-state index < -0.39 is 11.0 Å². The Balaban J connectivity index is 1.52. The third-order valence-electron chi connectivity index (χ3n) is 3.58. The van der Waals surface area contributed by atoms with Crippen molar-refractivity contribution in [3.05, 3.63) is 63.9 Å². The summed E-state index contributed by atoms with van der Waals surface area (Å²) in [4.78, 5) is 21.9. The molecule has 124 valence electrons. The standard InChI is InChI=1S/C15H15N5O4/c21-15(19-16-9-11-6-7-14(24-11)20(22)23)13-8-12(17-18-13)10-4-2-1-3-5-10/h1-7,9,12-13,17-18H,8H2,(H,19,21)/b16-9+. The molecule has 3 N–H and O–H groups in total. The number of amides is 1. The summed E-state index contributed by atoms with van der Waals surface area (Å²) >= 11 is 0. The van der Waals surface area contributed by atoms with Gasteiger partial charge >= 0.3 is 5.88 Å². The van der Waals surface area contributed by atoms with Gasteiger partial charge in [0.1, 0.15) is 11.0 Å². The summed E-state index contributed by atoms with van der Waals surface area (Å²) in [6, 6.07) is 12.0. The lowest BCUT2D eigenvalue weighted by Gasteiger charge is -2.08. The Bertz CT molecular complexity index is 758. The second kappa shape index (κ2) is 7.02. The number of hydrogen-bond donors (Lipinski definition) is 3. The zero-order chi connectivity index (χ0) is 16.9. The molecular formula is C15H15N5O4. The molecule has 2 unspecified atom stereocenters. The van der Waals surface area contributed by atoms with Gasteiger partial charge in [-0.25, -0.2) is 16.3 Å². The second-order valence-corrected chi connectivity index (χ2v) is 5.21. The van der Waals surface area contributed by atoms with Gasteiger partial charge in [0.15, 0.2) is 5.76 Å². The largest absolute Gasteiger partial charge is 0.433 e. The molecule has 0 aliphatic carbocycles. The van der Waals surface area contributed by atoms with E-state index in [-0.39, 0.29) is 23.6 Å². The summed E-state index contributed by atoms with van der Waals surface area (Å²) < 4.78 is 4.90. The fourth-order valence-corrected chi connectivity index (χ4v) is 2.38. The van der Waals surface area contributed by atoms with Crippen LogP contribution in [0.25, 0.3) is 0 Å². The predicted octanol–water partition coefficient (Wildman–Crippen LogP) is 1.25. The highest BCUT2D eigenvalue weighted by Crippen LogP contribution is 2.21. The van der Waals surface area contributed by atoms with Gasteiger partial charge in [-0.15, -0.1) is 0 Å². The first-order valence-corrected chi connectivity index (χ1v) is 7.26. The summed E-state index contributed by atoms with van der Waals surface area (Å²) in [5.74, 6) is -0.505. The average molecular weight is 329 g/mol. The number of nitrogens with zero attached hydrogens (tertiary/aromatic N) is 2. The Morgan fingerprint density at radius 2 is 2.08 bits per heavy atom. The lowest BCUT2D eigenvalue weighted by atomic mass is 10.0. The smallest absolute Gasteiger partial charge is 0.400 e. The van der Waals surface area contributed by atoms with E-state index in [1.54, 1.807) is 0 Å². The van der Waals surface area contributed by atoms with E-state index in [2.05, 4.69) is 21.4 Å². The molecule has 1 aromatic carbocycles. The molecule has 2 atom stereocenters. The third kappa shape index (κ3) is 3.65. The van der Waals surface area contributed by atoms with Crippen molar-refractivity contribution in [2.24, 2.45) is 5.10 Å². The molecule has 3 rings (SSSR count). The monoisotopic (exact) mass is 329 g/mol. The Morgan fingerprint density at radius 3 is 2.79 bits per heavy atom. The van der Waals surface area contributed by atoms with Gasteiger partial charge in [0.05, 0.1) is 12.3 Å². The molecule has 0 radical (unpaired) electrons. The molecule has 0 bridgehead atoms. The number of nitrogens with one attached hydrogen (secondary N) is 3. The van der Waals surface area contributed by atoms with Gasteiger partial charge in [0, 0.05) is 6.04 Å². The van der Waals surface area contributed by atoms with Crippen LogP contribution in [0.1, 0.15) is 23.8 Å². The molecule has 1 saturated heterocycles. The maximum atomic E-state index is 12.1. The topological polar surface area (TPSA) is 122 Å². The highest BCUT2D eigenvalue weighted by Gasteiger charge is 2.29. The number of hydrogen-bond acceptors (Lipinski definition) is 7. The van der Waals surface area contributed by atoms with Crippen LogP contribution in [0, 0.1) is 10.1 Å². The minimum atomic E-state index is -0.645. The quantitative estimate of drug-likeness (QED) is 0.431. The Labute approximate surface area is 136 Å². The molecular weight excluding hydrogens is 314 g/mol. The number of benzene rings is 1. The Hall–Kier alpha value is -3.04. The summed E-state index contributed by atoms with van der Waals surface area (Å²) in [5, 5.41) is 14.2. The normalized spacial score (nSPS) is 20.3. The molecule has 1 aliphatic heterocycles. The van der Waals surface area contributed by atoms with Gasteiger partial charge in [0.25, 0.3) is 5.91 Å². The van der Waals surface area contributed by atoms with Crippen LogP contribution in [0.3, 0.4) is 0 Å². The maximum Gasteiger partial charge on any atom is 0.433 e. The first-order valence-electron chi connectivity index (χ1n) is 7.26. The molecule has 2 heterocycles. The van der Waals surface area contributed by atoms with E-state index in [1.807, 2.05) is 30.3 Å². The molecule has 0 spiro atoms. The molecule has 1 aromatic heterocycles. The highest BCUT2D eigenvalue weighted by atomic mass is 16.6. The van der Waals surface area contributed by atoms with Crippen LogP contribution in [0.5, 0.6) is 0 Å². The van der Waals surface area contributed by atoms with E-state index in [1.165, 1.54) is 18.3 Å². The van der Waals surface area contributed by atoms with Gasteiger partial charge in [0.2, 0.25) is 0 Å². The summed E-state index contributed by atoms with van der Waals surface area (Å²) in [6.45, 7) is 0. The van der Waals surface area contributed by atoms with Gasteiger partial charge in [-0.3, -0.25) is 14.9 Å². The van der Waals surface area contributed by atoms with Crippen molar-refractivity contribution in [3.63, 3.8) is 0 Å². The van der Waals surface area contributed by atoms with Crippen LogP contribution in [0.4, 0.5) is 5.88 Å². The van der Waals surface area contributed by atoms with Crippen LogP contribution in [0.15, 0.2) is 52.0 Å². The minimum absolute atomic E-state index is 0.0404. The molecule has 1 aliphatic rings. The molecule has 9 nitrogen and oxygen atoms in total. The van der Waals surface area contributed by atoms with Crippen molar-refractivity contribution in [1.82, 2.24) is 16.3 Å². The van der Waals surface area contributed by atoms with E-state index in [0.29, 0.717) is 6.42 Å². The number of carbonyl (C=O) groups is 1. The van der Waals surface area contributed by atoms with Gasteiger partial charge in [-0.1, -0.05) is 30.3 Å². The van der Waals surface area contributed by atoms with Gasteiger partial charge in [-0.2, -0.15) is 5.10 Å². The van der Waals surface area contributed by atoms with Crippen LogP contribution in [0.2, 0.25) is 0 Å². The summed E-state index contributed by atoms with van der Waals surface area (Å²) in [6.07, 6.45) is 1.79. The van der Waals surface area contributed by atoms with Crippen LogP contribution in [-0.2, 0) is 4.79 Å². The highest BCUT2D eigenvalue weighted by molar-refractivity contribution is 5.84. The zero-order valence-electron chi connectivity index (χ0n) is 12.5. The van der Waals surface area contributed by atoms with Crippen molar-refractivity contribution in [3.8, 4) is 0 Å². The zero-order valence-corrected chi connectivity index (χ0v) is 12.5. The molecule has 1 fully saturated rings.